The average Bonchev–Trinajstić information content (AvgIpc) is 3.33. The first-order chi connectivity index (χ1) is 15.6. The van der Waals surface area contributed by atoms with Crippen molar-refractivity contribution in [3.8, 4) is 17.1 Å². The molecule has 32 heavy (non-hydrogen) atoms. The number of amides is 1. The standard InChI is InChI=1S/C26H28N2O2S2/c1-3-5-15-31-19-11-7-17(8-12-19)23-21-22(26(30)27-23)24(28-25(21)29)18-9-13-20(14-10-18)32-16-6-4-2/h7-14,27,30H,3-6,15-16H2,1-2H3. The Kier molecular flexibility index (Phi) is 7.43. The fraction of sp³-hybridized carbons (Fsp3) is 0.308. The highest BCUT2D eigenvalue weighted by molar-refractivity contribution is 7.99. The number of thioether (sulfide) groups is 2. The Morgan fingerprint density at radius 2 is 1.34 bits per heavy atom. The van der Waals surface area contributed by atoms with Crippen molar-refractivity contribution in [1.29, 1.82) is 0 Å². The Labute approximate surface area is 197 Å². The third-order valence-electron chi connectivity index (χ3n) is 5.45. The summed E-state index contributed by atoms with van der Waals surface area (Å²) in [5.74, 6) is 1.86. The van der Waals surface area contributed by atoms with Crippen LogP contribution in [0.25, 0.3) is 11.3 Å². The fourth-order valence-corrected chi connectivity index (χ4v) is 5.66. The largest absolute Gasteiger partial charge is 0.494 e. The SMILES string of the molecule is CCCCSc1ccc(C2=NC(=O)c3c(-c4ccc(SCCCC)cc4)[nH]c(O)c32)cc1. The van der Waals surface area contributed by atoms with Crippen LogP contribution in [0, 0.1) is 0 Å². The molecule has 1 aliphatic rings. The van der Waals surface area contributed by atoms with Gasteiger partial charge in [0.2, 0.25) is 0 Å². The van der Waals surface area contributed by atoms with E-state index in [1.165, 1.54) is 35.5 Å². The summed E-state index contributed by atoms with van der Waals surface area (Å²) in [6, 6.07) is 16.2. The summed E-state index contributed by atoms with van der Waals surface area (Å²) in [6.07, 6.45) is 4.75. The highest BCUT2D eigenvalue weighted by Crippen LogP contribution is 2.38. The summed E-state index contributed by atoms with van der Waals surface area (Å²) < 4.78 is 0. The molecular formula is C26H28N2O2S2. The lowest BCUT2D eigenvalue weighted by Gasteiger charge is -2.04. The van der Waals surface area contributed by atoms with E-state index in [1.54, 1.807) is 0 Å². The molecule has 166 valence electrons. The maximum absolute atomic E-state index is 12.8. The molecular weight excluding hydrogens is 436 g/mol. The predicted molar refractivity (Wildman–Crippen MR) is 136 cm³/mol. The predicted octanol–water partition coefficient (Wildman–Crippen LogP) is 7.16. The van der Waals surface area contributed by atoms with Gasteiger partial charge >= 0.3 is 0 Å². The number of aromatic hydroxyl groups is 1. The number of carbonyl (C=O) groups is 1. The van der Waals surface area contributed by atoms with E-state index in [0.717, 1.165) is 22.6 Å². The lowest BCUT2D eigenvalue weighted by Crippen LogP contribution is -1.99. The number of nitrogens with zero attached hydrogens (tertiary/aromatic N) is 1. The van der Waals surface area contributed by atoms with Crippen LogP contribution in [0.2, 0.25) is 0 Å². The molecule has 0 fully saturated rings. The molecule has 0 saturated heterocycles. The van der Waals surface area contributed by atoms with E-state index >= 15 is 0 Å². The van der Waals surface area contributed by atoms with Crippen LogP contribution in [-0.4, -0.2) is 33.2 Å². The van der Waals surface area contributed by atoms with E-state index in [0.29, 0.717) is 22.5 Å². The smallest absolute Gasteiger partial charge is 0.280 e. The Balaban J connectivity index is 1.57. The van der Waals surface area contributed by atoms with Gasteiger partial charge in [-0.3, -0.25) is 4.79 Å². The Morgan fingerprint density at radius 1 is 0.812 bits per heavy atom. The highest BCUT2D eigenvalue weighted by Gasteiger charge is 2.33. The number of aromatic nitrogens is 1. The number of benzene rings is 2. The van der Waals surface area contributed by atoms with Crippen LogP contribution < -0.4 is 0 Å². The summed E-state index contributed by atoms with van der Waals surface area (Å²) in [5, 5.41) is 10.7. The van der Waals surface area contributed by atoms with Crippen molar-refractivity contribution in [1.82, 2.24) is 4.98 Å². The quantitative estimate of drug-likeness (QED) is 0.247. The summed E-state index contributed by atoms with van der Waals surface area (Å²) in [7, 11) is 0. The zero-order chi connectivity index (χ0) is 22.5. The normalized spacial score (nSPS) is 12.8. The monoisotopic (exact) mass is 464 g/mol. The molecule has 2 heterocycles. The van der Waals surface area contributed by atoms with Gasteiger partial charge in [0.25, 0.3) is 5.91 Å². The van der Waals surface area contributed by atoms with Crippen LogP contribution in [0.4, 0.5) is 0 Å². The number of hydrogen-bond donors (Lipinski definition) is 2. The minimum Gasteiger partial charge on any atom is -0.494 e. The fourth-order valence-electron chi connectivity index (χ4n) is 3.67. The van der Waals surface area contributed by atoms with Gasteiger partial charge in [-0.25, -0.2) is 4.99 Å². The molecule has 0 spiro atoms. The Hall–Kier alpha value is -2.44. The first-order valence-corrected chi connectivity index (χ1v) is 13.1. The van der Waals surface area contributed by atoms with Crippen molar-refractivity contribution in [2.45, 2.75) is 49.3 Å². The third kappa shape index (κ3) is 4.81. The molecule has 4 nitrogen and oxygen atoms in total. The van der Waals surface area contributed by atoms with E-state index in [-0.39, 0.29) is 11.8 Å². The maximum atomic E-state index is 12.8. The molecule has 0 unspecified atom stereocenters. The van der Waals surface area contributed by atoms with Crippen LogP contribution in [0.1, 0.15) is 61.0 Å². The molecule has 0 aliphatic carbocycles. The van der Waals surface area contributed by atoms with Crippen LogP contribution in [-0.2, 0) is 0 Å². The number of nitrogens with one attached hydrogen (secondary N) is 1. The van der Waals surface area contributed by atoms with Crippen molar-refractivity contribution in [3.63, 3.8) is 0 Å². The molecule has 4 rings (SSSR count). The van der Waals surface area contributed by atoms with Crippen LogP contribution in [0.3, 0.4) is 0 Å². The minimum absolute atomic E-state index is 0.0117. The molecule has 2 N–H and O–H groups in total. The number of rotatable bonds is 10. The first kappa shape index (κ1) is 22.7. The topological polar surface area (TPSA) is 65.5 Å². The molecule has 0 saturated carbocycles. The van der Waals surface area contributed by atoms with Gasteiger partial charge in [0.05, 0.1) is 22.5 Å². The number of hydrogen-bond acceptors (Lipinski definition) is 4. The number of fused-ring (bicyclic) bond motifs is 1. The van der Waals surface area contributed by atoms with Gasteiger partial charge in [0, 0.05) is 15.4 Å². The molecule has 0 radical (unpaired) electrons. The van der Waals surface area contributed by atoms with Crippen LogP contribution in [0.5, 0.6) is 5.88 Å². The van der Waals surface area contributed by atoms with E-state index < -0.39 is 0 Å². The van der Waals surface area contributed by atoms with Crippen molar-refractivity contribution >= 4 is 35.1 Å². The Bertz CT molecular complexity index is 1120. The van der Waals surface area contributed by atoms with Gasteiger partial charge in [-0.15, -0.1) is 23.5 Å². The van der Waals surface area contributed by atoms with Crippen molar-refractivity contribution in [2.75, 3.05) is 11.5 Å². The summed E-state index contributed by atoms with van der Waals surface area (Å²) in [5.41, 5.74) is 3.80. The second-order valence-corrected chi connectivity index (χ2v) is 10.2. The number of unbranched alkanes of at least 4 members (excludes halogenated alkanes) is 2. The van der Waals surface area contributed by atoms with Crippen LogP contribution in [0.15, 0.2) is 63.3 Å². The van der Waals surface area contributed by atoms with Crippen LogP contribution >= 0.6 is 23.5 Å². The minimum atomic E-state index is -0.315. The lowest BCUT2D eigenvalue weighted by molar-refractivity contribution is 0.101. The van der Waals surface area contributed by atoms with Gasteiger partial charge in [-0.2, -0.15) is 0 Å². The maximum Gasteiger partial charge on any atom is 0.280 e. The molecule has 2 aromatic carbocycles. The van der Waals surface area contributed by atoms with Gasteiger partial charge in [0.15, 0.2) is 5.88 Å². The zero-order valence-corrected chi connectivity index (χ0v) is 20.1. The second-order valence-electron chi connectivity index (χ2n) is 7.82. The van der Waals surface area contributed by atoms with E-state index in [9.17, 15) is 9.90 Å². The number of aromatic amines is 1. The Morgan fingerprint density at radius 3 is 1.88 bits per heavy atom. The van der Waals surface area contributed by atoms with Gasteiger partial charge in [-0.1, -0.05) is 51.0 Å². The molecule has 3 aromatic rings. The summed E-state index contributed by atoms with van der Waals surface area (Å²) in [4.78, 5) is 22.5. The first-order valence-electron chi connectivity index (χ1n) is 11.2. The molecule has 6 heteroatoms. The van der Waals surface area contributed by atoms with Crippen molar-refractivity contribution in [2.24, 2.45) is 4.99 Å². The molecule has 1 amide bonds. The lowest BCUT2D eigenvalue weighted by atomic mass is 10.0. The third-order valence-corrected chi connectivity index (χ3v) is 7.64. The van der Waals surface area contributed by atoms with E-state index in [4.69, 9.17) is 0 Å². The summed E-state index contributed by atoms with van der Waals surface area (Å²) >= 11 is 3.66. The zero-order valence-electron chi connectivity index (χ0n) is 18.5. The van der Waals surface area contributed by atoms with E-state index in [2.05, 4.69) is 48.1 Å². The van der Waals surface area contributed by atoms with Crippen molar-refractivity contribution in [3.05, 3.63) is 65.2 Å². The van der Waals surface area contributed by atoms with E-state index in [1.807, 2.05) is 47.8 Å². The van der Waals surface area contributed by atoms with Crippen molar-refractivity contribution < 1.29 is 9.90 Å². The number of aliphatic imine (C=N–C) groups is 1. The average molecular weight is 465 g/mol. The summed E-state index contributed by atoms with van der Waals surface area (Å²) in [6.45, 7) is 4.38. The molecule has 1 aromatic heterocycles. The molecule has 0 bridgehead atoms. The molecule has 1 aliphatic heterocycles. The highest BCUT2D eigenvalue weighted by atomic mass is 32.2. The van der Waals surface area contributed by atoms with Gasteiger partial charge in [-0.05, 0) is 54.2 Å². The number of carbonyl (C=O) groups excluding carboxylic acids is 1. The number of H-pyrrole nitrogens is 1. The molecule has 0 atom stereocenters. The second kappa shape index (κ2) is 10.5. The van der Waals surface area contributed by atoms with Gasteiger partial charge in [0.1, 0.15) is 0 Å². The van der Waals surface area contributed by atoms with Gasteiger partial charge < -0.3 is 10.1 Å².